The molecule has 1 atom stereocenters. The van der Waals surface area contributed by atoms with Gasteiger partial charge < -0.3 is 10.4 Å². The van der Waals surface area contributed by atoms with Crippen LogP contribution < -0.4 is 5.32 Å². The Bertz CT molecular complexity index is 588. The van der Waals surface area contributed by atoms with Crippen molar-refractivity contribution in [3.63, 3.8) is 0 Å². The number of hydrogen-bond acceptors (Lipinski definition) is 2. The number of anilines is 1. The van der Waals surface area contributed by atoms with Crippen LogP contribution in [0.5, 0.6) is 0 Å². The zero-order valence-electron chi connectivity index (χ0n) is 12.5. The Morgan fingerprint density at radius 2 is 1.71 bits per heavy atom. The second kappa shape index (κ2) is 6.93. The molecule has 0 bridgehead atoms. The molecule has 3 heteroatoms. The molecule has 110 valence electrons. The summed E-state index contributed by atoms with van der Waals surface area (Å²) in [5, 5.41) is 12.2. The minimum atomic E-state index is -0.893. The van der Waals surface area contributed by atoms with Crippen LogP contribution in [0, 0.1) is 0 Å². The Labute approximate surface area is 125 Å². The number of carboxylic acids is 1. The molecule has 21 heavy (non-hydrogen) atoms. The molecule has 0 radical (unpaired) electrons. The van der Waals surface area contributed by atoms with Crippen molar-refractivity contribution in [3.8, 4) is 0 Å². The van der Waals surface area contributed by atoms with Gasteiger partial charge in [0.1, 0.15) is 0 Å². The smallest absolute Gasteiger partial charge is 0.335 e. The Morgan fingerprint density at radius 3 is 2.24 bits per heavy atom. The molecule has 0 aliphatic carbocycles. The van der Waals surface area contributed by atoms with Gasteiger partial charge in [-0.15, -0.1) is 0 Å². The zero-order valence-corrected chi connectivity index (χ0v) is 12.5. The molecule has 2 N–H and O–H groups in total. The van der Waals surface area contributed by atoms with Crippen LogP contribution in [-0.2, 0) is 6.54 Å². The lowest BCUT2D eigenvalue weighted by atomic mass is 9.98. The average molecular weight is 283 g/mol. The van der Waals surface area contributed by atoms with E-state index in [1.165, 1.54) is 5.56 Å². The van der Waals surface area contributed by atoms with Crippen LogP contribution in [0.15, 0.2) is 48.5 Å². The third-order valence-electron chi connectivity index (χ3n) is 3.79. The predicted molar refractivity (Wildman–Crippen MR) is 85.9 cm³/mol. The molecule has 3 nitrogen and oxygen atoms in total. The van der Waals surface area contributed by atoms with Crippen molar-refractivity contribution in [2.75, 3.05) is 5.32 Å². The van der Waals surface area contributed by atoms with Gasteiger partial charge in [0.25, 0.3) is 0 Å². The Balaban J connectivity index is 1.95. The number of carboxylic acid groups (broad SMARTS) is 1. The number of nitrogens with one attached hydrogen (secondary N) is 1. The maximum Gasteiger partial charge on any atom is 0.335 e. The highest BCUT2D eigenvalue weighted by atomic mass is 16.4. The van der Waals surface area contributed by atoms with Crippen LogP contribution >= 0.6 is 0 Å². The summed E-state index contributed by atoms with van der Waals surface area (Å²) in [5.41, 5.74) is 3.81. The first-order valence-electron chi connectivity index (χ1n) is 7.26. The Hall–Kier alpha value is -2.29. The lowest BCUT2D eigenvalue weighted by Gasteiger charge is -2.11. The summed E-state index contributed by atoms with van der Waals surface area (Å²) in [6, 6.07) is 15.4. The van der Waals surface area contributed by atoms with Crippen molar-refractivity contribution in [1.29, 1.82) is 0 Å². The first-order valence-corrected chi connectivity index (χ1v) is 7.26. The molecule has 2 aromatic carbocycles. The third-order valence-corrected chi connectivity index (χ3v) is 3.79. The quantitative estimate of drug-likeness (QED) is 0.820. The highest BCUT2D eigenvalue weighted by molar-refractivity contribution is 5.87. The SMILES string of the molecule is CCC(C)c1ccc(NCc2ccc(C(=O)O)cc2)cc1. The molecule has 0 heterocycles. The maximum absolute atomic E-state index is 10.8. The molecule has 1 unspecified atom stereocenters. The van der Waals surface area contributed by atoms with E-state index < -0.39 is 5.97 Å². The van der Waals surface area contributed by atoms with E-state index in [0.29, 0.717) is 18.0 Å². The van der Waals surface area contributed by atoms with Gasteiger partial charge in [0.2, 0.25) is 0 Å². The summed E-state index contributed by atoms with van der Waals surface area (Å²) >= 11 is 0. The molecule has 0 aromatic heterocycles. The van der Waals surface area contributed by atoms with E-state index in [9.17, 15) is 4.79 Å². The standard InChI is InChI=1S/C18H21NO2/c1-3-13(2)15-8-10-17(11-9-15)19-12-14-4-6-16(7-5-14)18(20)21/h4-11,13,19H,3,12H2,1-2H3,(H,20,21). The maximum atomic E-state index is 10.8. The molecule has 0 amide bonds. The first kappa shape index (κ1) is 15.1. The molecule has 2 aromatic rings. The molecule has 2 rings (SSSR count). The van der Waals surface area contributed by atoms with Crippen LogP contribution in [0.1, 0.15) is 47.7 Å². The van der Waals surface area contributed by atoms with Gasteiger partial charge in [-0.05, 0) is 47.7 Å². The van der Waals surface area contributed by atoms with Gasteiger partial charge in [-0.2, -0.15) is 0 Å². The van der Waals surface area contributed by atoms with E-state index in [2.05, 4.69) is 43.4 Å². The van der Waals surface area contributed by atoms with Crippen LogP contribution in [0.4, 0.5) is 5.69 Å². The minimum absolute atomic E-state index is 0.316. The van der Waals surface area contributed by atoms with E-state index >= 15 is 0 Å². The van der Waals surface area contributed by atoms with Gasteiger partial charge in [-0.1, -0.05) is 38.1 Å². The first-order chi connectivity index (χ1) is 10.1. The van der Waals surface area contributed by atoms with Crippen molar-refractivity contribution in [1.82, 2.24) is 0 Å². The number of rotatable bonds is 6. The lowest BCUT2D eigenvalue weighted by molar-refractivity contribution is 0.0697. The average Bonchev–Trinajstić information content (AvgIpc) is 2.53. The van der Waals surface area contributed by atoms with Crippen molar-refractivity contribution < 1.29 is 9.90 Å². The summed E-state index contributed by atoms with van der Waals surface area (Å²) in [5.74, 6) is -0.308. The molecular weight excluding hydrogens is 262 g/mol. The van der Waals surface area contributed by atoms with Crippen molar-refractivity contribution in [3.05, 3.63) is 65.2 Å². The second-order valence-corrected chi connectivity index (χ2v) is 5.29. The second-order valence-electron chi connectivity index (χ2n) is 5.29. The summed E-state index contributed by atoms with van der Waals surface area (Å²) in [6.45, 7) is 5.10. The van der Waals surface area contributed by atoms with E-state index in [-0.39, 0.29) is 0 Å². The summed E-state index contributed by atoms with van der Waals surface area (Å²) in [6.07, 6.45) is 1.14. The fourth-order valence-electron chi connectivity index (χ4n) is 2.13. The molecule has 0 aliphatic heterocycles. The highest BCUT2D eigenvalue weighted by Gasteiger charge is 2.03. The van der Waals surface area contributed by atoms with Crippen LogP contribution in [0.2, 0.25) is 0 Å². The normalized spacial score (nSPS) is 11.9. The fourth-order valence-corrected chi connectivity index (χ4v) is 2.13. The molecule has 0 saturated heterocycles. The number of hydrogen-bond donors (Lipinski definition) is 2. The zero-order chi connectivity index (χ0) is 15.2. The van der Waals surface area contributed by atoms with Crippen LogP contribution in [0.3, 0.4) is 0 Å². The topological polar surface area (TPSA) is 49.3 Å². The van der Waals surface area contributed by atoms with E-state index in [4.69, 9.17) is 5.11 Å². The monoisotopic (exact) mass is 283 g/mol. The summed E-state index contributed by atoms with van der Waals surface area (Å²) in [7, 11) is 0. The molecule has 0 saturated carbocycles. The van der Waals surface area contributed by atoms with Crippen molar-refractivity contribution >= 4 is 11.7 Å². The van der Waals surface area contributed by atoms with Gasteiger partial charge in [-0.3, -0.25) is 0 Å². The molecule has 0 spiro atoms. The van der Waals surface area contributed by atoms with E-state index in [1.54, 1.807) is 12.1 Å². The predicted octanol–water partition coefficient (Wildman–Crippen LogP) is 4.51. The number of carbonyl (C=O) groups is 1. The van der Waals surface area contributed by atoms with Gasteiger partial charge >= 0.3 is 5.97 Å². The third kappa shape index (κ3) is 4.09. The number of benzene rings is 2. The van der Waals surface area contributed by atoms with Crippen LogP contribution in [-0.4, -0.2) is 11.1 Å². The Kier molecular flexibility index (Phi) is 4.99. The summed E-state index contributed by atoms with van der Waals surface area (Å²) in [4.78, 5) is 10.8. The Morgan fingerprint density at radius 1 is 1.10 bits per heavy atom. The molecular formula is C18H21NO2. The van der Waals surface area contributed by atoms with Gasteiger partial charge in [0.05, 0.1) is 5.56 Å². The number of aromatic carboxylic acids is 1. The van der Waals surface area contributed by atoms with Crippen molar-refractivity contribution in [2.45, 2.75) is 32.7 Å². The molecule has 0 aliphatic rings. The van der Waals surface area contributed by atoms with E-state index in [1.807, 2.05) is 12.1 Å². The van der Waals surface area contributed by atoms with Gasteiger partial charge in [-0.25, -0.2) is 4.79 Å². The lowest BCUT2D eigenvalue weighted by Crippen LogP contribution is -2.01. The van der Waals surface area contributed by atoms with Gasteiger partial charge in [0.15, 0.2) is 0 Å². The molecule has 0 fully saturated rings. The van der Waals surface area contributed by atoms with Crippen LogP contribution in [0.25, 0.3) is 0 Å². The summed E-state index contributed by atoms with van der Waals surface area (Å²) < 4.78 is 0. The van der Waals surface area contributed by atoms with E-state index in [0.717, 1.165) is 17.7 Å². The highest BCUT2D eigenvalue weighted by Crippen LogP contribution is 2.20. The largest absolute Gasteiger partial charge is 0.478 e. The fraction of sp³-hybridized carbons (Fsp3) is 0.278. The van der Waals surface area contributed by atoms with Crippen molar-refractivity contribution in [2.24, 2.45) is 0 Å². The van der Waals surface area contributed by atoms with Gasteiger partial charge in [0, 0.05) is 12.2 Å². The minimum Gasteiger partial charge on any atom is -0.478 e.